The molecule has 3 aliphatic rings. The summed E-state index contributed by atoms with van der Waals surface area (Å²) in [7, 11) is 0. The van der Waals surface area contributed by atoms with Crippen LogP contribution in [0.3, 0.4) is 0 Å². The van der Waals surface area contributed by atoms with Crippen molar-refractivity contribution < 1.29 is 27.0 Å². The van der Waals surface area contributed by atoms with Crippen LogP contribution in [0.1, 0.15) is 47.6 Å². The van der Waals surface area contributed by atoms with Crippen LogP contribution in [0.15, 0.2) is 136 Å². The predicted octanol–water partition coefficient (Wildman–Crippen LogP) is 9.93. The molecular weight excluding hydrogens is 729 g/mol. The fourth-order valence-electron chi connectivity index (χ4n) is 6.61. The second-order valence-electron chi connectivity index (χ2n) is 12.1. The van der Waals surface area contributed by atoms with E-state index in [1.807, 2.05) is 42.5 Å². The lowest BCUT2D eigenvalue weighted by Crippen LogP contribution is -2.39. The van der Waals surface area contributed by atoms with E-state index >= 15 is 0 Å². The first kappa shape index (κ1) is 34.3. The van der Waals surface area contributed by atoms with Gasteiger partial charge in [-0.25, -0.2) is 4.99 Å². The number of thiazole rings is 1. The number of benzene rings is 4. The number of rotatable bonds is 8. The highest BCUT2D eigenvalue weighted by atomic mass is 32.2. The predicted molar refractivity (Wildman–Crippen MR) is 201 cm³/mol. The Morgan fingerprint density at radius 2 is 1.29 bits per heavy atom. The molecular formula is C40H28F4N2O3S3. The van der Waals surface area contributed by atoms with Gasteiger partial charge in [-0.15, -0.1) is 0 Å². The molecule has 5 nitrogen and oxygen atoms in total. The molecule has 0 bridgehead atoms. The lowest BCUT2D eigenvalue weighted by Gasteiger charge is -2.31. The smallest absolute Gasteiger partial charge is 0.387 e. The monoisotopic (exact) mass is 756 g/mol. The molecule has 0 N–H and O–H groups in total. The van der Waals surface area contributed by atoms with Crippen molar-refractivity contribution in [3.8, 4) is 11.5 Å². The largest absolute Gasteiger partial charge is 0.435 e. The first-order chi connectivity index (χ1) is 25.3. The number of thioether (sulfide) groups is 2. The number of alkyl halides is 4. The molecule has 0 saturated heterocycles. The topological polar surface area (TPSA) is 52.8 Å². The highest BCUT2D eigenvalue weighted by Crippen LogP contribution is 2.57. The Bertz CT molecular complexity index is 2350. The van der Waals surface area contributed by atoms with Gasteiger partial charge in [0.2, 0.25) is 0 Å². The van der Waals surface area contributed by atoms with Crippen molar-refractivity contribution in [1.29, 1.82) is 0 Å². The van der Waals surface area contributed by atoms with Crippen LogP contribution < -0.4 is 24.4 Å². The molecule has 4 aromatic carbocycles. The molecule has 0 fully saturated rings. The Hall–Kier alpha value is -4.78. The minimum Gasteiger partial charge on any atom is -0.435 e. The summed E-state index contributed by atoms with van der Waals surface area (Å²) in [6.07, 6.45) is 4.18. The minimum atomic E-state index is -2.96. The van der Waals surface area contributed by atoms with Gasteiger partial charge in [0.1, 0.15) is 16.0 Å². The zero-order chi connectivity index (χ0) is 35.8. The summed E-state index contributed by atoms with van der Waals surface area (Å²) >= 11 is 4.50. The van der Waals surface area contributed by atoms with Crippen LogP contribution in [0.2, 0.25) is 0 Å². The second-order valence-corrected chi connectivity index (χ2v) is 15.4. The van der Waals surface area contributed by atoms with Crippen molar-refractivity contribution >= 4 is 55.0 Å². The van der Waals surface area contributed by atoms with Gasteiger partial charge in [0, 0.05) is 9.81 Å². The Morgan fingerprint density at radius 3 is 1.85 bits per heavy atom. The first-order valence-corrected chi connectivity index (χ1v) is 18.9. The van der Waals surface area contributed by atoms with Crippen LogP contribution in [0, 0.1) is 0 Å². The number of ether oxygens (including phenoxy) is 2. The second kappa shape index (κ2) is 14.7. The van der Waals surface area contributed by atoms with E-state index in [0.717, 1.165) is 66.0 Å². The molecule has 1 aliphatic carbocycles. The zero-order valence-corrected chi connectivity index (χ0v) is 29.6. The van der Waals surface area contributed by atoms with E-state index in [9.17, 15) is 22.4 Å². The molecule has 52 heavy (non-hydrogen) atoms. The first-order valence-electron chi connectivity index (χ1n) is 16.4. The Morgan fingerprint density at radius 1 is 0.731 bits per heavy atom. The van der Waals surface area contributed by atoms with Gasteiger partial charge in [-0.05, 0) is 83.0 Å². The number of allylic oxidation sites excluding steroid dienone is 2. The lowest BCUT2D eigenvalue weighted by atomic mass is 9.84. The Kier molecular flexibility index (Phi) is 9.69. The molecule has 1 aromatic heterocycles. The maximum Gasteiger partial charge on any atom is 0.387 e. The lowest BCUT2D eigenvalue weighted by molar-refractivity contribution is -0.0505. The van der Waals surface area contributed by atoms with Crippen LogP contribution in [0.4, 0.5) is 17.6 Å². The van der Waals surface area contributed by atoms with Crippen molar-refractivity contribution in [3.63, 3.8) is 0 Å². The normalized spacial score (nSPS) is 17.8. The third-order valence-corrected chi connectivity index (χ3v) is 12.8. The zero-order valence-electron chi connectivity index (χ0n) is 27.2. The van der Waals surface area contributed by atoms with Crippen molar-refractivity contribution in [1.82, 2.24) is 4.57 Å². The minimum absolute atomic E-state index is 0.0257. The summed E-state index contributed by atoms with van der Waals surface area (Å²) < 4.78 is 63.9. The molecule has 0 saturated carbocycles. The van der Waals surface area contributed by atoms with Crippen molar-refractivity contribution in [2.24, 2.45) is 4.99 Å². The summed E-state index contributed by atoms with van der Waals surface area (Å²) in [5.74, 6) is 0.0933. The molecule has 8 rings (SSSR count). The van der Waals surface area contributed by atoms with Crippen LogP contribution >= 0.6 is 34.9 Å². The number of hydrogen-bond donors (Lipinski definition) is 0. The van der Waals surface area contributed by atoms with Crippen molar-refractivity contribution in [2.45, 2.75) is 38.5 Å². The van der Waals surface area contributed by atoms with Crippen molar-refractivity contribution in [2.75, 3.05) is 0 Å². The van der Waals surface area contributed by atoms with Crippen molar-refractivity contribution in [3.05, 3.63) is 168 Å². The van der Waals surface area contributed by atoms with E-state index in [-0.39, 0.29) is 17.1 Å². The SMILES string of the molecule is O=c1c(=C2SC(c3ccccc3)=C(c3ccccc3)S2)sc2n1[C@H](c1ccc(OC(F)F)cc1)C1=C(N=2)/C(=C/c2ccc(OC(F)F)cc2)CCC1. The molecule has 0 spiro atoms. The number of aromatic nitrogens is 1. The molecule has 2 aliphatic heterocycles. The summed E-state index contributed by atoms with van der Waals surface area (Å²) in [6.45, 7) is -5.87. The Labute approximate surface area is 308 Å². The number of nitrogens with zero attached hydrogens (tertiary/aromatic N) is 2. The maximum absolute atomic E-state index is 14.7. The number of fused-ring (bicyclic) bond motifs is 1. The molecule has 0 radical (unpaired) electrons. The number of halogens is 4. The van der Waals surface area contributed by atoms with Gasteiger partial charge in [0.15, 0.2) is 4.80 Å². The van der Waals surface area contributed by atoms with Gasteiger partial charge < -0.3 is 9.47 Å². The molecule has 1 atom stereocenters. The van der Waals surface area contributed by atoms with E-state index in [4.69, 9.17) is 4.99 Å². The fourth-order valence-corrected chi connectivity index (χ4v) is 10.6. The third-order valence-electron chi connectivity index (χ3n) is 8.83. The molecule has 12 heteroatoms. The van der Waals surface area contributed by atoms with E-state index in [2.05, 4.69) is 33.7 Å². The third kappa shape index (κ3) is 6.90. The quantitative estimate of drug-likeness (QED) is 0.148. The number of hydrogen-bond acceptors (Lipinski definition) is 7. The van der Waals surface area contributed by atoms with E-state index < -0.39 is 19.3 Å². The summed E-state index contributed by atoms with van der Waals surface area (Å²) in [6, 6.07) is 32.6. The molecule has 0 unspecified atom stereocenters. The maximum atomic E-state index is 14.7. The average Bonchev–Trinajstić information content (AvgIpc) is 3.74. The summed E-state index contributed by atoms with van der Waals surface area (Å²) in [5, 5.41) is 0. The van der Waals surface area contributed by atoms with E-state index in [1.54, 1.807) is 52.4 Å². The van der Waals surface area contributed by atoms with Gasteiger partial charge in [0.25, 0.3) is 5.56 Å². The molecule has 262 valence electrons. The van der Waals surface area contributed by atoms with Gasteiger partial charge in [-0.2, -0.15) is 17.6 Å². The fraction of sp³-hybridized carbons (Fsp3) is 0.150. The van der Waals surface area contributed by atoms with Gasteiger partial charge in [-0.1, -0.05) is 120 Å². The average molecular weight is 757 g/mol. The standard InChI is InChI=1S/C40H28F4N2O3S3/c41-38(42)48-28-18-14-23(15-19-28)22-27-12-7-13-30-31(27)45-40-46(32(30)24-16-20-29(21-17-24)49-39(43)44)36(47)35(52-40)37-50-33(25-8-3-1-4-9-25)34(51-37)26-10-5-2-6-11-26/h1-6,8-11,14-22,32,38-39H,7,12-13H2/b27-22+/t32-/m1/s1. The Balaban J connectivity index is 1.27. The van der Waals surface area contributed by atoms with Gasteiger partial charge >= 0.3 is 13.2 Å². The van der Waals surface area contributed by atoms with E-state index in [0.29, 0.717) is 15.8 Å². The highest BCUT2D eigenvalue weighted by molar-refractivity contribution is 8.41. The highest BCUT2D eigenvalue weighted by Gasteiger charge is 2.34. The van der Waals surface area contributed by atoms with Gasteiger partial charge in [0.05, 0.1) is 16.0 Å². The van der Waals surface area contributed by atoms with Crippen LogP contribution in [-0.2, 0) is 0 Å². The summed E-state index contributed by atoms with van der Waals surface area (Å²) in [5.41, 5.74) is 6.16. The molecule has 3 heterocycles. The van der Waals surface area contributed by atoms with E-state index in [1.165, 1.54) is 35.6 Å². The molecule has 5 aromatic rings. The van der Waals surface area contributed by atoms with Crippen LogP contribution in [-0.4, -0.2) is 17.8 Å². The van der Waals surface area contributed by atoms with Gasteiger partial charge in [-0.3, -0.25) is 9.36 Å². The molecule has 0 amide bonds. The van der Waals surface area contributed by atoms with Crippen LogP contribution in [0.5, 0.6) is 11.5 Å². The van der Waals surface area contributed by atoms with Crippen LogP contribution in [0.25, 0.3) is 20.1 Å². The summed E-state index contributed by atoms with van der Waals surface area (Å²) in [4.78, 5) is 22.5.